The van der Waals surface area contributed by atoms with Crippen molar-refractivity contribution in [3.63, 3.8) is 0 Å². The smallest absolute Gasteiger partial charge is 0.311 e. The molecule has 0 saturated carbocycles. The van der Waals surface area contributed by atoms with E-state index in [0.717, 1.165) is 22.4 Å². The van der Waals surface area contributed by atoms with Crippen molar-refractivity contribution in [1.29, 1.82) is 0 Å². The Bertz CT molecular complexity index is 581. The molecule has 18 heavy (non-hydrogen) atoms. The molecule has 0 aliphatic carbocycles. The molecule has 0 aliphatic heterocycles. The summed E-state index contributed by atoms with van der Waals surface area (Å²) in [7, 11) is 0. The molecule has 0 atom stereocenters. The number of carboxylic acid groups (broad SMARTS) is 1. The second-order valence-corrected chi connectivity index (χ2v) is 4.32. The molecule has 0 bridgehead atoms. The van der Waals surface area contributed by atoms with E-state index in [4.69, 9.17) is 5.11 Å². The highest BCUT2D eigenvalue weighted by atomic mass is 16.4. The largest absolute Gasteiger partial charge is 0.481 e. The predicted molar refractivity (Wildman–Crippen MR) is 64.7 cm³/mol. The van der Waals surface area contributed by atoms with Crippen molar-refractivity contribution in [2.45, 2.75) is 27.2 Å². The van der Waals surface area contributed by atoms with Gasteiger partial charge in [0.05, 0.1) is 5.69 Å². The standard InChI is InChI=1S/C12H14N4O2/c1-7-4-8(2)12(9(3)5-7)16-10(6-11(17)18)13-14-15-16/h4-5H,6H2,1-3H3,(H,17,18). The Labute approximate surface area is 104 Å². The molecule has 6 nitrogen and oxygen atoms in total. The first-order chi connectivity index (χ1) is 8.49. The van der Waals surface area contributed by atoms with E-state index in [1.54, 1.807) is 0 Å². The van der Waals surface area contributed by atoms with Crippen LogP contribution in [0.15, 0.2) is 12.1 Å². The lowest BCUT2D eigenvalue weighted by atomic mass is 10.1. The van der Waals surface area contributed by atoms with Gasteiger partial charge in [0.15, 0.2) is 5.82 Å². The summed E-state index contributed by atoms with van der Waals surface area (Å²) in [5, 5.41) is 20.0. The number of aromatic nitrogens is 4. The van der Waals surface area contributed by atoms with Gasteiger partial charge in [0.1, 0.15) is 6.42 Å². The minimum absolute atomic E-state index is 0.195. The SMILES string of the molecule is Cc1cc(C)c(-n2nnnc2CC(=O)O)c(C)c1. The summed E-state index contributed by atoms with van der Waals surface area (Å²) in [6.45, 7) is 5.94. The molecule has 0 unspecified atom stereocenters. The molecule has 1 aromatic carbocycles. The number of benzene rings is 1. The van der Waals surface area contributed by atoms with Gasteiger partial charge in [0, 0.05) is 0 Å². The monoisotopic (exact) mass is 246 g/mol. The molecule has 1 aromatic heterocycles. The van der Waals surface area contributed by atoms with Gasteiger partial charge in [0.2, 0.25) is 0 Å². The van der Waals surface area contributed by atoms with Crippen molar-refractivity contribution in [2.24, 2.45) is 0 Å². The topological polar surface area (TPSA) is 80.9 Å². The van der Waals surface area contributed by atoms with Crippen LogP contribution in [0.5, 0.6) is 0 Å². The van der Waals surface area contributed by atoms with Crippen LogP contribution < -0.4 is 0 Å². The Morgan fingerprint density at radius 2 is 1.89 bits per heavy atom. The summed E-state index contributed by atoms with van der Waals surface area (Å²) >= 11 is 0. The van der Waals surface area contributed by atoms with Crippen LogP contribution in [0.3, 0.4) is 0 Å². The minimum Gasteiger partial charge on any atom is -0.481 e. The van der Waals surface area contributed by atoms with Gasteiger partial charge in [-0.05, 0) is 42.3 Å². The van der Waals surface area contributed by atoms with Crippen molar-refractivity contribution < 1.29 is 9.90 Å². The Hall–Kier alpha value is -2.24. The normalized spacial score (nSPS) is 10.6. The van der Waals surface area contributed by atoms with Gasteiger partial charge in [-0.1, -0.05) is 17.7 Å². The maximum atomic E-state index is 10.8. The Morgan fingerprint density at radius 3 is 2.44 bits per heavy atom. The number of nitrogens with zero attached hydrogens (tertiary/aromatic N) is 4. The van der Waals surface area contributed by atoms with Crippen LogP contribution >= 0.6 is 0 Å². The molecule has 0 radical (unpaired) electrons. The van der Waals surface area contributed by atoms with Crippen LogP contribution in [0.2, 0.25) is 0 Å². The Balaban J connectivity index is 2.56. The minimum atomic E-state index is -0.950. The van der Waals surface area contributed by atoms with Crippen LogP contribution in [0, 0.1) is 20.8 Å². The molecule has 0 fully saturated rings. The van der Waals surface area contributed by atoms with Crippen molar-refractivity contribution in [3.05, 3.63) is 34.6 Å². The summed E-state index contributed by atoms with van der Waals surface area (Å²) in [6.07, 6.45) is -0.195. The van der Waals surface area contributed by atoms with Crippen molar-refractivity contribution in [2.75, 3.05) is 0 Å². The van der Waals surface area contributed by atoms with E-state index in [1.165, 1.54) is 4.68 Å². The molecule has 0 saturated heterocycles. The van der Waals surface area contributed by atoms with E-state index in [2.05, 4.69) is 15.5 Å². The maximum absolute atomic E-state index is 10.8. The molecule has 0 aliphatic rings. The fourth-order valence-corrected chi connectivity index (χ4v) is 2.13. The number of carboxylic acids is 1. The summed E-state index contributed by atoms with van der Waals surface area (Å²) < 4.78 is 1.50. The second kappa shape index (κ2) is 4.56. The molecule has 1 heterocycles. The van der Waals surface area contributed by atoms with E-state index in [1.807, 2.05) is 32.9 Å². The van der Waals surface area contributed by atoms with Crippen molar-refractivity contribution in [1.82, 2.24) is 20.2 Å². The lowest BCUT2D eigenvalue weighted by molar-refractivity contribution is -0.136. The quantitative estimate of drug-likeness (QED) is 0.880. The van der Waals surface area contributed by atoms with Crippen LogP contribution in [-0.2, 0) is 11.2 Å². The van der Waals surface area contributed by atoms with Gasteiger partial charge in [0.25, 0.3) is 0 Å². The fraction of sp³-hybridized carbons (Fsp3) is 0.333. The molecule has 2 aromatic rings. The van der Waals surface area contributed by atoms with E-state index < -0.39 is 5.97 Å². The predicted octanol–water partition coefficient (Wildman–Crippen LogP) is 1.21. The first-order valence-corrected chi connectivity index (χ1v) is 5.56. The molecule has 6 heteroatoms. The summed E-state index contributed by atoms with van der Waals surface area (Å²) in [5.41, 5.74) is 4.04. The molecule has 0 amide bonds. The average Bonchev–Trinajstić information content (AvgIpc) is 2.63. The number of rotatable bonds is 3. The van der Waals surface area contributed by atoms with E-state index in [-0.39, 0.29) is 6.42 Å². The zero-order chi connectivity index (χ0) is 13.3. The zero-order valence-electron chi connectivity index (χ0n) is 10.5. The summed E-state index contributed by atoms with van der Waals surface area (Å²) in [5.74, 6) is -0.619. The van der Waals surface area contributed by atoms with Gasteiger partial charge in [-0.15, -0.1) is 5.10 Å². The lowest BCUT2D eigenvalue weighted by Gasteiger charge is -2.11. The van der Waals surface area contributed by atoms with Crippen LogP contribution in [-0.4, -0.2) is 31.3 Å². The molecular formula is C12H14N4O2. The summed E-state index contributed by atoms with van der Waals surface area (Å²) in [4.78, 5) is 10.8. The average molecular weight is 246 g/mol. The van der Waals surface area contributed by atoms with E-state index >= 15 is 0 Å². The van der Waals surface area contributed by atoms with Crippen molar-refractivity contribution in [3.8, 4) is 5.69 Å². The number of tetrazole rings is 1. The van der Waals surface area contributed by atoms with Gasteiger partial charge in [-0.2, -0.15) is 4.68 Å². The Kier molecular flexibility index (Phi) is 3.10. The maximum Gasteiger partial charge on any atom is 0.311 e. The van der Waals surface area contributed by atoms with E-state index in [0.29, 0.717) is 5.82 Å². The summed E-state index contributed by atoms with van der Waals surface area (Å²) in [6, 6.07) is 4.04. The number of aliphatic carboxylic acids is 1. The van der Waals surface area contributed by atoms with Gasteiger partial charge < -0.3 is 5.11 Å². The number of aryl methyl sites for hydroxylation is 3. The highest BCUT2D eigenvalue weighted by molar-refractivity contribution is 5.69. The van der Waals surface area contributed by atoms with Crippen molar-refractivity contribution >= 4 is 5.97 Å². The van der Waals surface area contributed by atoms with Crippen LogP contribution in [0.1, 0.15) is 22.5 Å². The third-order valence-corrected chi connectivity index (χ3v) is 2.69. The third kappa shape index (κ3) is 2.22. The fourth-order valence-electron chi connectivity index (χ4n) is 2.13. The van der Waals surface area contributed by atoms with Gasteiger partial charge >= 0.3 is 5.97 Å². The second-order valence-electron chi connectivity index (χ2n) is 4.32. The first kappa shape index (κ1) is 12.2. The van der Waals surface area contributed by atoms with E-state index in [9.17, 15) is 4.79 Å². The molecule has 2 rings (SSSR count). The number of hydrogen-bond acceptors (Lipinski definition) is 4. The first-order valence-electron chi connectivity index (χ1n) is 5.56. The van der Waals surface area contributed by atoms with Crippen LogP contribution in [0.25, 0.3) is 5.69 Å². The highest BCUT2D eigenvalue weighted by Crippen LogP contribution is 2.20. The van der Waals surface area contributed by atoms with Gasteiger partial charge in [-0.3, -0.25) is 4.79 Å². The number of carbonyl (C=O) groups is 1. The third-order valence-electron chi connectivity index (χ3n) is 2.69. The highest BCUT2D eigenvalue weighted by Gasteiger charge is 2.15. The zero-order valence-corrected chi connectivity index (χ0v) is 10.5. The van der Waals surface area contributed by atoms with Crippen LogP contribution in [0.4, 0.5) is 0 Å². The lowest BCUT2D eigenvalue weighted by Crippen LogP contribution is -2.11. The number of hydrogen-bond donors (Lipinski definition) is 1. The Morgan fingerprint density at radius 1 is 1.28 bits per heavy atom. The molecule has 0 spiro atoms. The molecule has 94 valence electrons. The van der Waals surface area contributed by atoms with Gasteiger partial charge in [-0.25, -0.2) is 0 Å². The molecular weight excluding hydrogens is 232 g/mol. The molecule has 1 N–H and O–H groups in total.